The molecule has 0 aliphatic heterocycles. The summed E-state index contributed by atoms with van der Waals surface area (Å²) in [4.78, 5) is 25.3. The van der Waals surface area contributed by atoms with Crippen LogP contribution < -0.4 is 10.2 Å². The van der Waals surface area contributed by atoms with Crippen molar-refractivity contribution in [1.82, 2.24) is 5.32 Å². The molecule has 2 aromatic rings. The lowest BCUT2D eigenvalue weighted by atomic mass is 10.1. The number of rotatable bonds is 6. The summed E-state index contributed by atoms with van der Waals surface area (Å²) in [6.45, 7) is 1.85. The molecule has 2 aromatic carbocycles. The minimum absolute atomic E-state index is 0.0201. The summed E-state index contributed by atoms with van der Waals surface area (Å²) in [5.41, 5.74) is 1.61. The van der Waals surface area contributed by atoms with E-state index >= 15 is 0 Å². The first-order chi connectivity index (χ1) is 11.5. The predicted octanol–water partition coefficient (Wildman–Crippen LogP) is 3.71. The van der Waals surface area contributed by atoms with Gasteiger partial charge in [0.1, 0.15) is 6.54 Å². The number of benzene rings is 2. The molecule has 0 radical (unpaired) electrons. The van der Waals surface area contributed by atoms with Crippen LogP contribution in [0.2, 0.25) is 10.0 Å². The van der Waals surface area contributed by atoms with E-state index in [1.807, 2.05) is 24.3 Å². The van der Waals surface area contributed by atoms with Gasteiger partial charge in [-0.3, -0.25) is 9.59 Å². The van der Waals surface area contributed by atoms with Crippen molar-refractivity contribution in [2.24, 2.45) is 0 Å². The van der Waals surface area contributed by atoms with Crippen LogP contribution in [0.3, 0.4) is 0 Å². The Morgan fingerprint density at radius 1 is 1.08 bits per heavy atom. The summed E-state index contributed by atoms with van der Waals surface area (Å²) in [6.07, 6.45) is 0.590. The summed E-state index contributed by atoms with van der Waals surface area (Å²) in [5.74, 6) is -0.406. The highest BCUT2D eigenvalue weighted by Crippen LogP contribution is 2.21. The number of carbonyl (C=O) groups excluding carboxylic acids is 2. The van der Waals surface area contributed by atoms with Crippen LogP contribution in [0.25, 0.3) is 0 Å². The molecule has 126 valence electrons. The van der Waals surface area contributed by atoms with Crippen LogP contribution in [-0.2, 0) is 16.0 Å². The molecule has 0 heterocycles. The molecule has 0 saturated carbocycles. The third kappa shape index (κ3) is 5.25. The lowest BCUT2D eigenvalue weighted by molar-refractivity contribution is -0.123. The van der Waals surface area contributed by atoms with Crippen molar-refractivity contribution in [2.45, 2.75) is 13.3 Å². The van der Waals surface area contributed by atoms with Gasteiger partial charge in [0, 0.05) is 29.2 Å². The van der Waals surface area contributed by atoms with E-state index < -0.39 is 0 Å². The molecule has 24 heavy (non-hydrogen) atoms. The maximum absolute atomic E-state index is 12.1. The van der Waals surface area contributed by atoms with Crippen molar-refractivity contribution >= 4 is 40.7 Å². The van der Waals surface area contributed by atoms with Gasteiger partial charge in [-0.15, -0.1) is 0 Å². The number of para-hydroxylation sites is 1. The van der Waals surface area contributed by atoms with E-state index in [0.29, 0.717) is 28.7 Å². The molecule has 0 bridgehead atoms. The zero-order valence-corrected chi connectivity index (χ0v) is 14.8. The fourth-order valence-corrected chi connectivity index (χ4v) is 2.76. The molecule has 6 heteroatoms. The van der Waals surface area contributed by atoms with E-state index in [9.17, 15) is 9.59 Å². The zero-order valence-electron chi connectivity index (χ0n) is 13.3. The van der Waals surface area contributed by atoms with E-state index in [-0.39, 0.29) is 18.4 Å². The van der Waals surface area contributed by atoms with Crippen LogP contribution >= 0.6 is 23.2 Å². The summed E-state index contributed by atoms with van der Waals surface area (Å²) in [7, 11) is 0. The highest BCUT2D eigenvalue weighted by atomic mass is 35.5. The van der Waals surface area contributed by atoms with E-state index in [1.54, 1.807) is 24.3 Å². The molecule has 2 rings (SSSR count). The smallest absolute Gasteiger partial charge is 0.240 e. The van der Waals surface area contributed by atoms with Crippen LogP contribution in [0.15, 0.2) is 48.5 Å². The van der Waals surface area contributed by atoms with Gasteiger partial charge >= 0.3 is 0 Å². The maximum Gasteiger partial charge on any atom is 0.240 e. The van der Waals surface area contributed by atoms with Crippen molar-refractivity contribution in [3.05, 3.63) is 64.1 Å². The average Bonchev–Trinajstić information content (AvgIpc) is 2.55. The molecule has 0 fully saturated rings. The van der Waals surface area contributed by atoms with Gasteiger partial charge in [-0.2, -0.15) is 0 Å². The number of nitrogens with one attached hydrogen (secondary N) is 1. The quantitative estimate of drug-likeness (QED) is 0.849. The SMILES string of the molecule is CC(=O)N(CC(=O)NCCc1ccc(Cl)cc1Cl)c1ccccc1. The maximum atomic E-state index is 12.1. The van der Waals surface area contributed by atoms with Crippen molar-refractivity contribution in [3.8, 4) is 0 Å². The highest BCUT2D eigenvalue weighted by molar-refractivity contribution is 6.35. The molecule has 1 N–H and O–H groups in total. The first-order valence-electron chi connectivity index (χ1n) is 7.51. The Morgan fingerprint density at radius 2 is 1.79 bits per heavy atom. The van der Waals surface area contributed by atoms with Crippen molar-refractivity contribution in [2.75, 3.05) is 18.0 Å². The van der Waals surface area contributed by atoms with Crippen molar-refractivity contribution in [3.63, 3.8) is 0 Å². The number of anilines is 1. The molecule has 0 unspecified atom stereocenters. The molecule has 0 spiro atoms. The summed E-state index contributed by atoms with van der Waals surface area (Å²) >= 11 is 12.0. The number of hydrogen-bond acceptors (Lipinski definition) is 2. The van der Waals surface area contributed by atoms with E-state index in [2.05, 4.69) is 5.32 Å². The molecule has 0 saturated heterocycles. The fraction of sp³-hybridized carbons (Fsp3) is 0.222. The Labute approximate surface area is 151 Å². The number of amides is 2. The van der Waals surface area contributed by atoms with Gasteiger partial charge in [0.2, 0.25) is 11.8 Å². The van der Waals surface area contributed by atoms with Crippen molar-refractivity contribution in [1.29, 1.82) is 0 Å². The predicted molar refractivity (Wildman–Crippen MR) is 97.6 cm³/mol. The Balaban J connectivity index is 1.89. The molecule has 2 amide bonds. The van der Waals surface area contributed by atoms with Gasteiger partial charge in [0.25, 0.3) is 0 Å². The zero-order chi connectivity index (χ0) is 17.5. The molecule has 0 atom stereocenters. The molecule has 0 aliphatic carbocycles. The van der Waals surface area contributed by atoms with E-state index in [1.165, 1.54) is 11.8 Å². The topological polar surface area (TPSA) is 49.4 Å². The van der Waals surface area contributed by atoms with Gasteiger partial charge in [-0.25, -0.2) is 0 Å². The second-order valence-corrected chi connectivity index (χ2v) is 6.12. The fourth-order valence-electron chi connectivity index (χ4n) is 2.25. The Kier molecular flexibility index (Phi) is 6.64. The van der Waals surface area contributed by atoms with Gasteiger partial charge < -0.3 is 10.2 Å². The first-order valence-corrected chi connectivity index (χ1v) is 8.26. The second-order valence-electron chi connectivity index (χ2n) is 5.28. The second kappa shape index (κ2) is 8.71. The third-order valence-corrected chi connectivity index (χ3v) is 4.07. The number of hydrogen-bond donors (Lipinski definition) is 1. The molecular formula is C18H18Cl2N2O2. The van der Waals surface area contributed by atoms with Crippen LogP contribution in [0.5, 0.6) is 0 Å². The number of halogens is 2. The van der Waals surface area contributed by atoms with Gasteiger partial charge in [-0.1, -0.05) is 47.5 Å². The Bertz CT molecular complexity index is 720. The largest absolute Gasteiger partial charge is 0.354 e. The minimum Gasteiger partial charge on any atom is -0.354 e. The first kappa shape index (κ1) is 18.3. The molecular weight excluding hydrogens is 347 g/mol. The van der Waals surface area contributed by atoms with E-state index in [0.717, 1.165) is 5.56 Å². The lowest BCUT2D eigenvalue weighted by Gasteiger charge is -2.20. The van der Waals surface area contributed by atoms with Gasteiger partial charge in [-0.05, 0) is 36.2 Å². The summed E-state index contributed by atoms with van der Waals surface area (Å²) < 4.78 is 0. The Morgan fingerprint density at radius 3 is 2.42 bits per heavy atom. The molecule has 0 aliphatic rings. The number of nitrogens with zero attached hydrogens (tertiary/aromatic N) is 1. The highest BCUT2D eigenvalue weighted by Gasteiger charge is 2.15. The molecule has 4 nitrogen and oxygen atoms in total. The standard InChI is InChI=1S/C18H18Cl2N2O2/c1-13(23)22(16-5-3-2-4-6-16)12-18(24)21-10-9-14-7-8-15(19)11-17(14)20/h2-8,11H,9-10,12H2,1H3,(H,21,24). The molecule has 0 aromatic heterocycles. The monoisotopic (exact) mass is 364 g/mol. The summed E-state index contributed by atoms with van der Waals surface area (Å²) in [6, 6.07) is 14.4. The third-order valence-electron chi connectivity index (χ3n) is 3.48. The van der Waals surface area contributed by atoms with Crippen LogP contribution in [0.1, 0.15) is 12.5 Å². The van der Waals surface area contributed by atoms with Crippen LogP contribution in [-0.4, -0.2) is 24.9 Å². The summed E-state index contributed by atoms with van der Waals surface area (Å²) in [5, 5.41) is 3.96. The van der Waals surface area contributed by atoms with E-state index in [4.69, 9.17) is 23.2 Å². The van der Waals surface area contributed by atoms with Gasteiger partial charge in [0.05, 0.1) is 0 Å². The average molecular weight is 365 g/mol. The normalized spacial score (nSPS) is 10.3. The van der Waals surface area contributed by atoms with Crippen molar-refractivity contribution < 1.29 is 9.59 Å². The minimum atomic E-state index is -0.223. The van der Waals surface area contributed by atoms with Crippen LogP contribution in [0, 0.1) is 0 Å². The lowest BCUT2D eigenvalue weighted by Crippen LogP contribution is -2.40. The number of carbonyl (C=O) groups is 2. The van der Waals surface area contributed by atoms with Gasteiger partial charge in [0.15, 0.2) is 0 Å². The van der Waals surface area contributed by atoms with Crippen LogP contribution in [0.4, 0.5) is 5.69 Å². The Hall–Kier alpha value is -2.04.